The molecular formula is C21H17N5OS. The predicted octanol–water partition coefficient (Wildman–Crippen LogP) is 4.20. The first-order chi connectivity index (χ1) is 13.6. The van der Waals surface area contributed by atoms with Crippen LogP contribution < -0.4 is 5.32 Å². The van der Waals surface area contributed by atoms with Crippen molar-refractivity contribution in [2.75, 3.05) is 18.4 Å². The molecule has 1 saturated heterocycles. The molecule has 1 aliphatic heterocycles. The van der Waals surface area contributed by atoms with Crippen LogP contribution in [0, 0.1) is 24.2 Å². The van der Waals surface area contributed by atoms with Gasteiger partial charge in [0.2, 0.25) is 0 Å². The second kappa shape index (κ2) is 6.36. The number of fused-ring (bicyclic) bond motifs is 2. The van der Waals surface area contributed by atoms with E-state index in [9.17, 15) is 4.79 Å². The fourth-order valence-electron chi connectivity index (χ4n) is 3.67. The minimum atomic E-state index is -0.0522. The van der Waals surface area contributed by atoms with Gasteiger partial charge in [-0.2, -0.15) is 10.4 Å². The molecule has 1 aliphatic rings. The molecule has 1 fully saturated rings. The van der Waals surface area contributed by atoms with Crippen LogP contribution in [0.25, 0.3) is 15.6 Å². The SMILES string of the molecule is Cc1c(C(=O)N2CC(C#N)C2)cn2nccc(Nc3ccc4sccc4c3)c12. The van der Waals surface area contributed by atoms with Gasteiger partial charge in [-0.1, -0.05) is 0 Å². The van der Waals surface area contributed by atoms with Gasteiger partial charge in [-0.15, -0.1) is 11.3 Å². The molecule has 0 radical (unpaired) electrons. The van der Waals surface area contributed by atoms with Crippen molar-refractivity contribution in [1.82, 2.24) is 14.5 Å². The minimum absolute atomic E-state index is 0.0415. The van der Waals surface area contributed by atoms with Crippen molar-refractivity contribution in [2.24, 2.45) is 5.92 Å². The van der Waals surface area contributed by atoms with Gasteiger partial charge in [0.25, 0.3) is 5.91 Å². The Bertz CT molecular complexity index is 1260. The van der Waals surface area contributed by atoms with E-state index in [2.05, 4.69) is 46.1 Å². The number of benzene rings is 1. The van der Waals surface area contributed by atoms with E-state index >= 15 is 0 Å². The molecule has 1 aromatic carbocycles. The Morgan fingerprint density at radius 1 is 1.32 bits per heavy atom. The zero-order valence-electron chi connectivity index (χ0n) is 15.2. The third-order valence-electron chi connectivity index (χ3n) is 5.24. The van der Waals surface area contributed by atoms with Gasteiger partial charge in [-0.3, -0.25) is 4.79 Å². The molecule has 7 heteroatoms. The molecule has 4 aromatic rings. The van der Waals surface area contributed by atoms with Crippen molar-refractivity contribution >= 4 is 44.2 Å². The summed E-state index contributed by atoms with van der Waals surface area (Å²) >= 11 is 1.72. The second-order valence-electron chi connectivity index (χ2n) is 7.04. The van der Waals surface area contributed by atoms with Crippen molar-refractivity contribution in [3.05, 3.63) is 59.2 Å². The standard InChI is InChI=1S/C21H17N5OS/c1-13-17(21(27)25-10-14(9-22)11-25)12-26-20(13)18(4-6-23-26)24-16-2-3-19-15(8-16)5-7-28-19/h2-8,12,14,24H,10-11H2,1H3. The normalized spacial score (nSPS) is 14.2. The molecule has 0 saturated carbocycles. The van der Waals surface area contributed by atoms with Crippen LogP contribution in [0.2, 0.25) is 0 Å². The molecule has 0 bridgehead atoms. The van der Waals surface area contributed by atoms with Gasteiger partial charge >= 0.3 is 0 Å². The molecule has 0 aliphatic carbocycles. The zero-order valence-corrected chi connectivity index (χ0v) is 16.0. The van der Waals surface area contributed by atoms with E-state index in [0.29, 0.717) is 18.7 Å². The summed E-state index contributed by atoms with van der Waals surface area (Å²) in [6.07, 6.45) is 3.50. The largest absolute Gasteiger partial charge is 0.354 e. The average molecular weight is 387 g/mol. The number of nitrogens with one attached hydrogen (secondary N) is 1. The first-order valence-corrected chi connectivity index (χ1v) is 9.92. The van der Waals surface area contributed by atoms with Crippen LogP contribution in [0.15, 0.2) is 48.1 Å². The molecule has 1 N–H and O–H groups in total. The quantitative estimate of drug-likeness (QED) is 0.572. The highest BCUT2D eigenvalue weighted by molar-refractivity contribution is 7.17. The molecule has 0 unspecified atom stereocenters. The summed E-state index contributed by atoms with van der Waals surface area (Å²) in [6, 6.07) is 12.5. The van der Waals surface area contributed by atoms with Crippen LogP contribution in [-0.4, -0.2) is 33.5 Å². The summed E-state index contributed by atoms with van der Waals surface area (Å²) in [7, 11) is 0. The number of nitrogens with zero attached hydrogens (tertiary/aromatic N) is 4. The summed E-state index contributed by atoms with van der Waals surface area (Å²) < 4.78 is 3.00. The number of nitriles is 1. The van der Waals surface area contributed by atoms with Crippen LogP contribution in [0.4, 0.5) is 11.4 Å². The number of carbonyl (C=O) groups is 1. The van der Waals surface area contributed by atoms with E-state index in [-0.39, 0.29) is 11.8 Å². The van der Waals surface area contributed by atoms with Crippen molar-refractivity contribution in [3.63, 3.8) is 0 Å². The number of hydrogen-bond acceptors (Lipinski definition) is 5. The summed E-state index contributed by atoms with van der Waals surface area (Å²) in [5.74, 6) is -0.0937. The molecule has 28 heavy (non-hydrogen) atoms. The van der Waals surface area contributed by atoms with Gasteiger partial charge in [-0.25, -0.2) is 4.52 Å². The Morgan fingerprint density at radius 3 is 3.00 bits per heavy atom. The molecule has 6 nitrogen and oxygen atoms in total. The molecule has 3 aromatic heterocycles. The number of thiophene rings is 1. The molecule has 4 heterocycles. The van der Waals surface area contributed by atoms with Gasteiger partial charge in [0.15, 0.2) is 0 Å². The number of rotatable bonds is 3. The minimum Gasteiger partial charge on any atom is -0.354 e. The summed E-state index contributed by atoms with van der Waals surface area (Å²) in [5, 5.41) is 20.1. The van der Waals surface area contributed by atoms with Crippen molar-refractivity contribution in [1.29, 1.82) is 5.26 Å². The Labute approximate surface area is 165 Å². The number of hydrogen-bond donors (Lipinski definition) is 1. The number of anilines is 2. The Balaban J connectivity index is 1.50. The molecule has 0 atom stereocenters. The topological polar surface area (TPSA) is 73.4 Å². The van der Waals surface area contributed by atoms with E-state index < -0.39 is 0 Å². The first-order valence-electron chi connectivity index (χ1n) is 9.04. The molecule has 5 rings (SSSR count). The number of amides is 1. The second-order valence-corrected chi connectivity index (χ2v) is 7.99. The Kier molecular flexibility index (Phi) is 3.81. The number of likely N-dealkylation sites (tertiary alicyclic amines) is 1. The Morgan fingerprint density at radius 2 is 2.18 bits per heavy atom. The highest BCUT2D eigenvalue weighted by Gasteiger charge is 2.32. The van der Waals surface area contributed by atoms with Gasteiger partial charge in [0, 0.05) is 35.9 Å². The third-order valence-corrected chi connectivity index (χ3v) is 6.14. The van der Waals surface area contributed by atoms with Crippen molar-refractivity contribution < 1.29 is 4.79 Å². The molecular weight excluding hydrogens is 370 g/mol. The molecule has 1 amide bonds. The number of aromatic nitrogens is 2. The van der Waals surface area contributed by atoms with Crippen LogP contribution in [0.5, 0.6) is 0 Å². The van der Waals surface area contributed by atoms with Gasteiger partial charge in [-0.05, 0) is 53.6 Å². The molecule has 0 spiro atoms. The van der Waals surface area contributed by atoms with Crippen LogP contribution in [0.1, 0.15) is 15.9 Å². The van der Waals surface area contributed by atoms with Gasteiger partial charge < -0.3 is 10.2 Å². The molecule has 138 valence electrons. The van der Waals surface area contributed by atoms with Crippen molar-refractivity contribution in [3.8, 4) is 6.07 Å². The van der Waals surface area contributed by atoms with E-state index in [4.69, 9.17) is 5.26 Å². The fourth-order valence-corrected chi connectivity index (χ4v) is 4.44. The van der Waals surface area contributed by atoms with E-state index in [1.807, 2.05) is 13.0 Å². The smallest absolute Gasteiger partial charge is 0.255 e. The zero-order chi connectivity index (χ0) is 19.3. The predicted molar refractivity (Wildman–Crippen MR) is 110 cm³/mol. The maximum absolute atomic E-state index is 12.8. The van der Waals surface area contributed by atoms with E-state index in [0.717, 1.165) is 22.5 Å². The summed E-state index contributed by atoms with van der Waals surface area (Å²) in [5.41, 5.74) is 4.30. The lowest BCUT2D eigenvalue weighted by Gasteiger charge is -2.35. The lowest BCUT2D eigenvalue weighted by molar-refractivity contribution is 0.0576. The van der Waals surface area contributed by atoms with E-state index in [1.54, 1.807) is 33.1 Å². The van der Waals surface area contributed by atoms with Crippen molar-refractivity contribution in [2.45, 2.75) is 6.92 Å². The first kappa shape index (κ1) is 16.8. The third kappa shape index (κ3) is 2.62. The number of carbonyl (C=O) groups excluding carboxylic acids is 1. The lowest BCUT2D eigenvalue weighted by Crippen LogP contribution is -2.49. The van der Waals surface area contributed by atoms with Crippen LogP contribution >= 0.6 is 11.3 Å². The maximum Gasteiger partial charge on any atom is 0.255 e. The van der Waals surface area contributed by atoms with Crippen LogP contribution in [0.3, 0.4) is 0 Å². The summed E-state index contributed by atoms with van der Waals surface area (Å²) in [6.45, 7) is 2.94. The average Bonchev–Trinajstić information content (AvgIpc) is 3.25. The highest BCUT2D eigenvalue weighted by Crippen LogP contribution is 2.31. The fraction of sp³-hybridized carbons (Fsp3) is 0.190. The summed E-state index contributed by atoms with van der Waals surface area (Å²) in [4.78, 5) is 14.5. The lowest BCUT2D eigenvalue weighted by atomic mass is 10.0. The highest BCUT2D eigenvalue weighted by atomic mass is 32.1. The van der Waals surface area contributed by atoms with E-state index in [1.165, 1.54) is 10.1 Å². The van der Waals surface area contributed by atoms with Gasteiger partial charge in [0.1, 0.15) is 0 Å². The van der Waals surface area contributed by atoms with Gasteiger partial charge in [0.05, 0.1) is 28.8 Å². The number of aryl methyl sites for hydroxylation is 1. The maximum atomic E-state index is 12.8. The van der Waals surface area contributed by atoms with Crippen LogP contribution in [-0.2, 0) is 0 Å². The Hall–Kier alpha value is -3.37. The monoisotopic (exact) mass is 387 g/mol.